The lowest BCUT2D eigenvalue weighted by Crippen LogP contribution is -2.58. The summed E-state index contributed by atoms with van der Waals surface area (Å²) in [6, 6.07) is 0.198. The fourth-order valence-electron chi connectivity index (χ4n) is 2.52. The molecule has 96 valence electrons. The molecule has 17 heavy (non-hydrogen) atoms. The van der Waals surface area contributed by atoms with Gasteiger partial charge in [0.1, 0.15) is 5.60 Å². The lowest BCUT2D eigenvalue weighted by Gasteiger charge is -2.45. The summed E-state index contributed by atoms with van der Waals surface area (Å²) >= 11 is 0. The zero-order chi connectivity index (χ0) is 13.1. The number of hydrogen-bond donors (Lipinski definition) is 1. The summed E-state index contributed by atoms with van der Waals surface area (Å²) in [7, 11) is 0. The van der Waals surface area contributed by atoms with E-state index in [9.17, 15) is 9.90 Å². The molecule has 0 spiro atoms. The van der Waals surface area contributed by atoms with Crippen molar-refractivity contribution in [3.63, 3.8) is 0 Å². The zero-order valence-corrected chi connectivity index (χ0v) is 11.0. The van der Waals surface area contributed by atoms with Crippen LogP contribution in [-0.4, -0.2) is 40.5 Å². The van der Waals surface area contributed by atoms with Crippen LogP contribution >= 0.6 is 0 Å². The lowest BCUT2D eigenvalue weighted by molar-refractivity contribution is -0.147. The van der Waals surface area contributed by atoms with Gasteiger partial charge < -0.3 is 5.11 Å². The minimum absolute atomic E-state index is 0.0534. The van der Waals surface area contributed by atoms with Gasteiger partial charge in [0.15, 0.2) is 5.78 Å². The van der Waals surface area contributed by atoms with E-state index in [1.165, 1.54) is 6.08 Å². The number of allylic oxidation sites excluding steroid dienone is 1. The van der Waals surface area contributed by atoms with Crippen LogP contribution < -0.4 is 0 Å². The van der Waals surface area contributed by atoms with Gasteiger partial charge >= 0.3 is 0 Å². The molecule has 0 bridgehead atoms. The average molecular weight is 237 g/mol. The number of carbonyl (C=O) groups excluding carboxylic acids is 1. The standard InChI is InChI=1S/C14H23NO2/c1-5-7-13(16)14(17)9-12(4)15(8-6-2)10-11(14)3/h5-7,11-12,17H,2,8-10H2,1,3-4H3. The van der Waals surface area contributed by atoms with Gasteiger partial charge in [0.05, 0.1) is 0 Å². The van der Waals surface area contributed by atoms with Gasteiger partial charge in [0.2, 0.25) is 0 Å². The number of ketones is 1. The average Bonchev–Trinajstić information content (AvgIpc) is 2.26. The van der Waals surface area contributed by atoms with Gasteiger partial charge in [0.25, 0.3) is 0 Å². The quantitative estimate of drug-likeness (QED) is 0.598. The van der Waals surface area contributed by atoms with E-state index in [4.69, 9.17) is 0 Å². The molecular formula is C14H23NO2. The first-order valence-corrected chi connectivity index (χ1v) is 6.20. The molecule has 1 heterocycles. The summed E-state index contributed by atoms with van der Waals surface area (Å²) in [5.41, 5.74) is -1.20. The Balaban J connectivity index is 2.84. The van der Waals surface area contributed by atoms with Crippen molar-refractivity contribution in [1.29, 1.82) is 0 Å². The maximum atomic E-state index is 12.0. The van der Waals surface area contributed by atoms with Gasteiger partial charge in [-0.05, 0) is 26.3 Å². The maximum absolute atomic E-state index is 12.0. The Hall–Kier alpha value is -0.930. The van der Waals surface area contributed by atoms with Crippen molar-refractivity contribution in [1.82, 2.24) is 4.90 Å². The predicted molar refractivity (Wildman–Crippen MR) is 69.8 cm³/mol. The molecule has 0 radical (unpaired) electrons. The molecule has 0 aliphatic carbocycles. The Bertz CT molecular complexity index is 324. The Labute approximate surface area is 104 Å². The molecule has 0 aromatic heterocycles. The summed E-state index contributed by atoms with van der Waals surface area (Å²) in [5, 5.41) is 10.5. The van der Waals surface area contributed by atoms with Crippen LogP contribution in [0.15, 0.2) is 24.8 Å². The highest BCUT2D eigenvalue weighted by Crippen LogP contribution is 2.32. The third-order valence-corrected chi connectivity index (χ3v) is 3.66. The molecule has 3 nitrogen and oxygen atoms in total. The molecule has 3 unspecified atom stereocenters. The van der Waals surface area contributed by atoms with Crippen LogP contribution in [0.1, 0.15) is 27.2 Å². The number of nitrogens with zero attached hydrogens (tertiary/aromatic N) is 1. The van der Waals surface area contributed by atoms with Gasteiger partial charge in [-0.2, -0.15) is 0 Å². The Morgan fingerprint density at radius 2 is 2.24 bits per heavy atom. The normalized spacial score (nSPS) is 35.1. The summed E-state index contributed by atoms with van der Waals surface area (Å²) in [6.07, 6.45) is 5.52. The number of rotatable bonds is 4. The monoisotopic (exact) mass is 237 g/mol. The van der Waals surface area contributed by atoms with E-state index in [0.29, 0.717) is 6.42 Å². The third-order valence-electron chi connectivity index (χ3n) is 3.66. The van der Waals surface area contributed by atoms with Crippen LogP contribution in [0.5, 0.6) is 0 Å². The predicted octanol–water partition coefficient (Wildman–Crippen LogP) is 1.78. The highest BCUT2D eigenvalue weighted by molar-refractivity contribution is 5.97. The molecule has 1 aliphatic heterocycles. The van der Waals surface area contributed by atoms with Crippen molar-refractivity contribution in [3.8, 4) is 0 Å². The van der Waals surface area contributed by atoms with E-state index in [-0.39, 0.29) is 17.7 Å². The molecule has 1 aliphatic rings. The molecule has 1 N–H and O–H groups in total. The van der Waals surface area contributed by atoms with Crippen LogP contribution in [0.3, 0.4) is 0 Å². The molecule has 0 saturated carbocycles. The van der Waals surface area contributed by atoms with Crippen molar-refractivity contribution in [2.75, 3.05) is 13.1 Å². The summed E-state index contributed by atoms with van der Waals surface area (Å²) < 4.78 is 0. The van der Waals surface area contributed by atoms with Crippen LogP contribution in [0.2, 0.25) is 0 Å². The molecule has 3 atom stereocenters. The van der Waals surface area contributed by atoms with Gasteiger partial charge in [0, 0.05) is 25.0 Å². The summed E-state index contributed by atoms with van der Waals surface area (Å²) in [6.45, 7) is 11.0. The van der Waals surface area contributed by atoms with E-state index in [2.05, 4.69) is 11.5 Å². The van der Waals surface area contributed by atoms with Crippen LogP contribution in [-0.2, 0) is 4.79 Å². The molecule has 1 rings (SSSR count). The fraction of sp³-hybridized carbons (Fsp3) is 0.643. The minimum Gasteiger partial charge on any atom is -0.381 e. The van der Waals surface area contributed by atoms with Crippen molar-refractivity contribution in [2.45, 2.75) is 38.8 Å². The van der Waals surface area contributed by atoms with Crippen LogP contribution in [0.25, 0.3) is 0 Å². The van der Waals surface area contributed by atoms with Crippen molar-refractivity contribution in [2.24, 2.45) is 5.92 Å². The summed E-state index contributed by atoms with van der Waals surface area (Å²) in [5.74, 6) is -0.222. The molecule has 0 aromatic rings. The van der Waals surface area contributed by atoms with Gasteiger partial charge in [-0.25, -0.2) is 0 Å². The number of likely N-dealkylation sites (tertiary alicyclic amines) is 1. The first kappa shape index (κ1) is 14.1. The Kier molecular flexibility index (Phi) is 4.66. The minimum atomic E-state index is -1.20. The Morgan fingerprint density at radius 3 is 2.76 bits per heavy atom. The number of hydrogen-bond acceptors (Lipinski definition) is 3. The van der Waals surface area contributed by atoms with E-state index in [1.54, 1.807) is 13.0 Å². The van der Waals surface area contributed by atoms with Gasteiger partial charge in [-0.15, -0.1) is 6.58 Å². The number of carbonyl (C=O) groups is 1. The molecule has 3 heteroatoms. The van der Waals surface area contributed by atoms with Crippen LogP contribution in [0, 0.1) is 5.92 Å². The molecule has 1 saturated heterocycles. The first-order chi connectivity index (χ1) is 7.95. The number of aliphatic hydroxyl groups is 1. The van der Waals surface area contributed by atoms with Crippen molar-refractivity contribution >= 4 is 5.78 Å². The van der Waals surface area contributed by atoms with Crippen LogP contribution in [0.4, 0.5) is 0 Å². The first-order valence-electron chi connectivity index (χ1n) is 6.20. The van der Waals surface area contributed by atoms with Gasteiger partial charge in [-0.3, -0.25) is 9.69 Å². The highest BCUT2D eigenvalue weighted by Gasteiger charge is 2.45. The Morgan fingerprint density at radius 1 is 1.59 bits per heavy atom. The van der Waals surface area contributed by atoms with Crippen molar-refractivity contribution in [3.05, 3.63) is 24.8 Å². The van der Waals surface area contributed by atoms with E-state index < -0.39 is 5.60 Å². The highest BCUT2D eigenvalue weighted by atomic mass is 16.3. The van der Waals surface area contributed by atoms with Crippen molar-refractivity contribution < 1.29 is 9.90 Å². The molecular weight excluding hydrogens is 214 g/mol. The second-order valence-electron chi connectivity index (χ2n) is 4.99. The lowest BCUT2D eigenvalue weighted by atomic mass is 9.76. The molecule has 0 aromatic carbocycles. The molecule has 1 fully saturated rings. The fourth-order valence-corrected chi connectivity index (χ4v) is 2.52. The maximum Gasteiger partial charge on any atom is 0.187 e. The molecule has 0 amide bonds. The van der Waals surface area contributed by atoms with E-state index in [1.807, 2.05) is 19.9 Å². The largest absolute Gasteiger partial charge is 0.381 e. The second kappa shape index (κ2) is 5.61. The summed E-state index contributed by atoms with van der Waals surface area (Å²) in [4.78, 5) is 14.2. The third kappa shape index (κ3) is 2.85. The second-order valence-corrected chi connectivity index (χ2v) is 4.99. The topological polar surface area (TPSA) is 40.5 Å². The smallest absolute Gasteiger partial charge is 0.187 e. The number of piperidine rings is 1. The zero-order valence-electron chi connectivity index (χ0n) is 11.0. The van der Waals surface area contributed by atoms with E-state index in [0.717, 1.165) is 13.1 Å². The van der Waals surface area contributed by atoms with Gasteiger partial charge in [-0.1, -0.05) is 19.1 Å². The SMILES string of the molecule is C=CCN1CC(C)C(O)(C(=O)C=CC)CC1C. The van der Waals surface area contributed by atoms with E-state index >= 15 is 0 Å².